The minimum atomic E-state index is -0.434. The second-order valence-corrected chi connectivity index (χ2v) is 8.85. The summed E-state index contributed by atoms with van der Waals surface area (Å²) in [6.07, 6.45) is 4.29. The first-order chi connectivity index (χ1) is 15.5. The van der Waals surface area contributed by atoms with Gasteiger partial charge in [-0.25, -0.2) is 9.78 Å². The lowest BCUT2D eigenvalue weighted by atomic mass is 10.1. The van der Waals surface area contributed by atoms with Crippen molar-refractivity contribution in [3.05, 3.63) is 64.2 Å². The Morgan fingerprint density at radius 1 is 1.09 bits per heavy atom. The molecule has 0 unspecified atom stereocenters. The third-order valence-corrected chi connectivity index (χ3v) is 6.58. The second-order valence-electron chi connectivity index (χ2n) is 8.85. The number of fused-ring (bicyclic) bond motifs is 1. The number of anilines is 1. The van der Waals surface area contributed by atoms with Crippen molar-refractivity contribution in [2.75, 3.05) is 44.7 Å². The van der Waals surface area contributed by atoms with Gasteiger partial charge in [-0.05, 0) is 61.6 Å². The Morgan fingerprint density at radius 2 is 1.88 bits per heavy atom. The van der Waals surface area contributed by atoms with E-state index in [9.17, 15) is 9.59 Å². The van der Waals surface area contributed by atoms with Crippen LogP contribution in [0.15, 0.2) is 47.5 Å². The summed E-state index contributed by atoms with van der Waals surface area (Å²) in [6, 6.07) is 11.1. The lowest BCUT2D eigenvalue weighted by molar-refractivity contribution is 0.0600. The summed E-state index contributed by atoms with van der Waals surface area (Å²) in [5, 5.41) is 0.577. The van der Waals surface area contributed by atoms with E-state index in [-0.39, 0.29) is 5.56 Å². The molecule has 166 valence electrons. The molecular formula is C25H28N4O3. The van der Waals surface area contributed by atoms with Crippen LogP contribution in [0.3, 0.4) is 0 Å². The van der Waals surface area contributed by atoms with Gasteiger partial charge in [-0.15, -0.1) is 0 Å². The molecule has 0 N–H and O–H groups in total. The van der Waals surface area contributed by atoms with Gasteiger partial charge in [-0.3, -0.25) is 14.3 Å². The normalized spacial score (nSPS) is 17.0. The van der Waals surface area contributed by atoms with Crippen molar-refractivity contribution in [3.8, 4) is 5.69 Å². The largest absolute Gasteiger partial charge is 0.465 e. The maximum atomic E-state index is 13.4. The van der Waals surface area contributed by atoms with Crippen molar-refractivity contribution in [1.82, 2.24) is 14.5 Å². The number of ether oxygens (including phenoxy) is 1. The fourth-order valence-electron chi connectivity index (χ4n) is 4.45. The highest BCUT2D eigenvalue weighted by molar-refractivity contribution is 5.90. The molecule has 1 aromatic heterocycles. The second kappa shape index (κ2) is 8.39. The highest BCUT2D eigenvalue weighted by atomic mass is 16.5. The van der Waals surface area contributed by atoms with Gasteiger partial charge in [-0.2, -0.15) is 0 Å². The van der Waals surface area contributed by atoms with Crippen LogP contribution >= 0.6 is 0 Å². The molecule has 2 heterocycles. The molecule has 3 aromatic rings. The van der Waals surface area contributed by atoms with Crippen LogP contribution in [0, 0.1) is 12.8 Å². The first kappa shape index (κ1) is 20.7. The minimum absolute atomic E-state index is 0.144. The van der Waals surface area contributed by atoms with E-state index in [1.165, 1.54) is 37.4 Å². The number of carbonyl (C=O) groups is 1. The van der Waals surface area contributed by atoms with Gasteiger partial charge in [0.05, 0.1) is 29.3 Å². The van der Waals surface area contributed by atoms with Crippen LogP contribution in [-0.4, -0.2) is 60.3 Å². The molecule has 0 atom stereocenters. The molecule has 2 fully saturated rings. The van der Waals surface area contributed by atoms with Crippen LogP contribution in [0.25, 0.3) is 16.6 Å². The molecule has 0 radical (unpaired) electrons. The summed E-state index contributed by atoms with van der Waals surface area (Å²) >= 11 is 0. The molecular weight excluding hydrogens is 404 g/mol. The Morgan fingerprint density at radius 3 is 2.59 bits per heavy atom. The van der Waals surface area contributed by atoms with Gasteiger partial charge in [0.15, 0.2) is 0 Å². The maximum Gasteiger partial charge on any atom is 0.337 e. The predicted octanol–water partition coefficient (Wildman–Crippen LogP) is 3.01. The van der Waals surface area contributed by atoms with E-state index in [1.807, 2.05) is 25.1 Å². The van der Waals surface area contributed by atoms with Crippen molar-refractivity contribution in [3.63, 3.8) is 0 Å². The lowest BCUT2D eigenvalue weighted by Crippen LogP contribution is -2.47. The molecule has 32 heavy (non-hydrogen) atoms. The monoisotopic (exact) mass is 432 g/mol. The number of nitrogens with zero attached hydrogens (tertiary/aromatic N) is 4. The highest BCUT2D eigenvalue weighted by Gasteiger charge is 2.26. The molecule has 7 nitrogen and oxygen atoms in total. The molecule has 1 aliphatic carbocycles. The summed E-state index contributed by atoms with van der Waals surface area (Å²) in [6.45, 7) is 7.19. The van der Waals surface area contributed by atoms with E-state index < -0.39 is 5.97 Å². The molecule has 2 aromatic carbocycles. The standard InChI is InChI=1S/C25H28N4O3/c1-17-3-6-19(25(31)32-2)13-23(17)29-16-26-22-8-7-20(14-21(22)24(29)30)28-11-9-27(10-12-28)15-18-4-5-18/h3,6-8,13-14,16,18H,4-5,9-12,15H2,1-2H3. The lowest BCUT2D eigenvalue weighted by Gasteiger charge is -2.36. The Balaban J connectivity index is 1.46. The molecule has 1 aliphatic heterocycles. The van der Waals surface area contributed by atoms with Crippen molar-refractivity contribution < 1.29 is 9.53 Å². The van der Waals surface area contributed by atoms with Crippen molar-refractivity contribution >= 4 is 22.6 Å². The van der Waals surface area contributed by atoms with Crippen molar-refractivity contribution in [2.24, 2.45) is 5.92 Å². The third-order valence-electron chi connectivity index (χ3n) is 6.58. The predicted molar refractivity (Wildman–Crippen MR) is 125 cm³/mol. The molecule has 0 amide bonds. The Hall–Kier alpha value is -3.19. The number of aryl methyl sites for hydroxylation is 1. The number of aromatic nitrogens is 2. The van der Waals surface area contributed by atoms with Gasteiger partial charge in [0.2, 0.25) is 0 Å². The summed E-state index contributed by atoms with van der Waals surface area (Å²) in [5.74, 6) is 0.476. The molecule has 7 heteroatoms. The molecule has 5 rings (SSSR count). The number of methoxy groups -OCH3 is 1. The van der Waals surface area contributed by atoms with E-state index in [4.69, 9.17) is 4.74 Å². The summed E-state index contributed by atoms with van der Waals surface area (Å²) in [4.78, 5) is 34.8. The Labute approximate surface area is 187 Å². The molecule has 2 aliphatic rings. The van der Waals surface area contributed by atoms with E-state index in [0.29, 0.717) is 22.2 Å². The van der Waals surface area contributed by atoms with Gasteiger partial charge in [0.25, 0.3) is 5.56 Å². The zero-order valence-corrected chi connectivity index (χ0v) is 18.6. The smallest absolute Gasteiger partial charge is 0.337 e. The molecule has 1 saturated heterocycles. The summed E-state index contributed by atoms with van der Waals surface area (Å²) < 4.78 is 6.35. The van der Waals surface area contributed by atoms with Gasteiger partial charge < -0.3 is 9.64 Å². The van der Waals surface area contributed by atoms with Crippen LogP contribution in [0.4, 0.5) is 5.69 Å². The quantitative estimate of drug-likeness (QED) is 0.578. The van der Waals surface area contributed by atoms with Crippen LogP contribution in [0.1, 0.15) is 28.8 Å². The van der Waals surface area contributed by atoms with E-state index in [0.717, 1.165) is 43.3 Å². The molecule has 0 spiro atoms. The topological polar surface area (TPSA) is 67.7 Å². The average molecular weight is 433 g/mol. The van der Waals surface area contributed by atoms with Gasteiger partial charge in [-0.1, -0.05) is 6.07 Å². The fraction of sp³-hybridized carbons (Fsp3) is 0.400. The minimum Gasteiger partial charge on any atom is -0.465 e. The van der Waals surface area contributed by atoms with Crippen LogP contribution in [0.5, 0.6) is 0 Å². The Kier molecular flexibility index (Phi) is 5.43. The van der Waals surface area contributed by atoms with Crippen LogP contribution in [0.2, 0.25) is 0 Å². The number of benzene rings is 2. The number of hydrogen-bond donors (Lipinski definition) is 0. The number of rotatable bonds is 5. The van der Waals surface area contributed by atoms with Crippen LogP contribution in [-0.2, 0) is 4.74 Å². The highest BCUT2D eigenvalue weighted by Crippen LogP contribution is 2.30. The summed E-state index contributed by atoms with van der Waals surface area (Å²) in [5.41, 5.74) is 3.49. The average Bonchev–Trinajstić information content (AvgIpc) is 3.64. The fourth-order valence-corrected chi connectivity index (χ4v) is 4.45. The van der Waals surface area contributed by atoms with E-state index >= 15 is 0 Å². The maximum absolute atomic E-state index is 13.4. The zero-order chi connectivity index (χ0) is 22.2. The molecule has 0 bridgehead atoms. The van der Waals surface area contributed by atoms with E-state index in [2.05, 4.69) is 20.9 Å². The van der Waals surface area contributed by atoms with Gasteiger partial charge >= 0.3 is 5.97 Å². The molecule has 1 saturated carbocycles. The third kappa shape index (κ3) is 4.00. The Bertz CT molecular complexity index is 1220. The SMILES string of the molecule is COC(=O)c1ccc(C)c(-n2cnc3ccc(N4CCN(CC5CC5)CC4)cc3c2=O)c1. The zero-order valence-electron chi connectivity index (χ0n) is 18.6. The number of esters is 1. The summed E-state index contributed by atoms with van der Waals surface area (Å²) in [7, 11) is 1.35. The van der Waals surface area contributed by atoms with Gasteiger partial charge in [0, 0.05) is 38.4 Å². The number of carbonyl (C=O) groups excluding carboxylic acids is 1. The van der Waals surface area contributed by atoms with Gasteiger partial charge in [0.1, 0.15) is 6.33 Å². The number of piperazine rings is 1. The van der Waals surface area contributed by atoms with E-state index in [1.54, 1.807) is 12.1 Å². The first-order valence-electron chi connectivity index (χ1n) is 11.2. The first-order valence-corrected chi connectivity index (χ1v) is 11.2. The number of hydrogen-bond acceptors (Lipinski definition) is 6. The van der Waals surface area contributed by atoms with Crippen molar-refractivity contribution in [1.29, 1.82) is 0 Å². The van der Waals surface area contributed by atoms with Crippen molar-refractivity contribution in [2.45, 2.75) is 19.8 Å². The van der Waals surface area contributed by atoms with Crippen LogP contribution < -0.4 is 10.5 Å².